The van der Waals surface area contributed by atoms with Crippen LogP contribution >= 0.6 is 0 Å². The van der Waals surface area contributed by atoms with Gasteiger partial charge in [-0.1, -0.05) is 12.1 Å². The zero-order valence-corrected chi connectivity index (χ0v) is 15.2. The molecule has 3 rings (SSSR count). The fourth-order valence-electron chi connectivity index (χ4n) is 2.97. The van der Waals surface area contributed by atoms with Gasteiger partial charge in [0.25, 0.3) is 0 Å². The summed E-state index contributed by atoms with van der Waals surface area (Å²) in [5.41, 5.74) is -0.845. The van der Waals surface area contributed by atoms with Crippen LogP contribution in [0.2, 0.25) is 0 Å². The van der Waals surface area contributed by atoms with Crippen LogP contribution in [0.5, 0.6) is 17.2 Å². The summed E-state index contributed by atoms with van der Waals surface area (Å²) in [4.78, 5) is 37.6. The Labute approximate surface area is 155 Å². The molecule has 140 valence electrons. The van der Waals surface area contributed by atoms with Crippen molar-refractivity contribution >= 4 is 17.7 Å². The van der Waals surface area contributed by atoms with Crippen LogP contribution < -0.4 is 4.74 Å². The lowest BCUT2D eigenvalue weighted by Crippen LogP contribution is -2.27. The second-order valence-corrected chi connectivity index (χ2v) is 7.20. The minimum atomic E-state index is -1.06. The van der Waals surface area contributed by atoms with Crippen molar-refractivity contribution in [3.63, 3.8) is 0 Å². The lowest BCUT2D eigenvalue weighted by molar-refractivity contribution is 0.0198. The maximum atomic E-state index is 12.9. The monoisotopic (exact) mass is 370 g/mol. The van der Waals surface area contributed by atoms with E-state index in [1.165, 1.54) is 25.1 Å². The van der Waals surface area contributed by atoms with Crippen molar-refractivity contribution < 1.29 is 34.1 Å². The zero-order chi connectivity index (χ0) is 20.1. The first kappa shape index (κ1) is 18.4. The predicted molar refractivity (Wildman–Crippen MR) is 94.7 cm³/mol. The Morgan fingerprint density at radius 1 is 0.963 bits per heavy atom. The molecule has 1 aliphatic carbocycles. The van der Waals surface area contributed by atoms with Crippen LogP contribution in [0.15, 0.2) is 24.3 Å². The average molecular weight is 370 g/mol. The zero-order valence-electron chi connectivity index (χ0n) is 15.2. The Balaban J connectivity index is 2.12. The van der Waals surface area contributed by atoms with E-state index in [0.29, 0.717) is 0 Å². The van der Waals surface area contributed by atoms with Gasteiger partial charge in [-0.2, -0.15) is 0 Å². The number of hydrogen-bond acceptors (Lipinski definition) is 7. The van der Waals surface area contributed by atoms with Crippen molar-refractivity contribution in [2.45, 2.75) is 33.3 Å². The van der Waals surface area contributed by atoms with Gasteiger partial charge in [0.05, 0.1) is 5.56 Å². The number of ketones is 2. The molecule has 0 unspecified atom stereocenters. The molecule has 2 N–H and O–H groups in total. The van der Waals surface area contributed by atoms with Gasteiger partial charge < -0.3 is 19.7 Å². The Bertz CT molecular complexity index is 996. The summed E-state index contributed by atoms with van der Waals surface area (Å²) in [6, 6.07) is 5.27. The van der Waals surface area contributed by atoms with Gasteiger partial charge in [0.1, 0.15) is 11.4 Å². The number of benzene rings is 2. The van der Waals surface area contributed by atoms with Gasteiger partial charge in [-0.15, -0.1) is 0 Å². The smallest absolute Gasteiger partial charge is 0.507 e. The molecule has 0 bridgehead atoms. The molecule has 0 spiro atoms. The number of hydrogen-bond donors (Lipinski definition) is 2. The summed E-state index contributed by atoms with van der Waals surface area (Å²) in [6.07, 6.45) is -1.06. The first-order valence-electron chi connectivity index (χ1n) is 8.20. The number of phenolic OH excluding ortho intramolecular Hbond substituents is 2. The van der Waals surface area contributed by atoms with Gasteiger partial charge in [-0.05, 0) is 39.8 Å². The quantitative estimate of drug-likeness (QED) is 0.498. The summed E-state index contributed by atoms with van der Waals surface area (Å²) < 4.78 is 10.1. The highest BCUT2D eigenvalue weighted by Gasteiger charge is 2.36. The minimum absolute atomic E-state index is 0.0235. The SMILES string of the molecule is Cc1c(OC(=O)OC(C)(C)C)c(O)cc2c1C(=O)c1c(O)cccc1C2=O. The van der Waals surface area contributed by atoms with Gasteiger partial charge in [-0.3, -0.25) is 9.59 Å². The Kier molecular flexibility index (Phi) is 4.18. The fraction of sp³-hybridized carbons (Fsp3) is 0.250. The predicted octanol–water partition coefficient (Wildman–Crippen LogP) is 3.50. The molecule has 0 aliphatic heterocycles. The van der Waals surface area contributed by atoms with E-state index in [1.807, 2.05) is 0 Å². The molecule has 0 atom stereocenters. The maximum Gasteiger partial charge on any atom is 0.514 e. The van der Waals surface area contributed by atoms with E-state index in [0.717, 1.165) is 6.07 Å². The lowest BCUT2D eigenvalue weighted by atomic mass is 9.81. The standard InChI is InChI=1S/C20H18O7/c1-9-14-11(8-13(22)18(9)26-19(25)27-20(2,3)4)16(23)10-6-5-7-12(21)15(10)17(14)24/h5-8,21-22H,1-4H3. The van der Waals surface area contributed by atoms with Crippen molar-refractivity contribution in [1.82, 2.24) is 0 Å². The molecule has 7 nitrogen and oxygen atoms in total. The third-order valence-electron chi connectivity index (χ3n) is 4.06. The van der Waals surface area contributed by atoms with Gasteiger partial charge in [0.15, 0.2) is 23.1 Å². The average Bonchev–Trinajstić information content (AvgIpc) is 2.54. The van der Waals surface area contributed by atoms with Crippen molar-refractivity contribution in [2.75, 3.05) is 0 Å². The molecular weight excluding hydrogens is 352 g/mol. The molecule has 2 aromatic carbocycles. The fourth-order valence-corrected chi connectivity index (χ4v) is 2.97. The number of carbonyl (C=O) groups excluding carboxylic acids is 3. The largest absolute Gasteiger partial charge is 0.514 e. The Morgan fingerprint density at radius 2 is 1.63 bits per heavy atom. The maximum absolute atomic E-state index is 12.9. The van der Waals surface area contributed by atoms with E-state index in [1.54, 1.807) is 20.8 Å². The second-order valence-electron chi connectivity index (χ2n) is 7.20. The molecule has 0 amide bonds. The number of carbonyl (C=O) groups is 3. The Hall–Kier alpha value is -3.35. The number of fused-ring (bicyclic) bond motifs is 2. The summed E-state index contributed by atoms with van der Waals surface area (Å²) in [5.74, 6) is -2.18. The van der Waals surface area contributed by atoms with Gasteiger partial charge in [0.2, 0.25) is 0 Å². The number of aromatic hydroxyl groups is 2. The molecule has 7 heteroatoms. The number of ether oxygens (including phenoxy) is 2. The van der Waals surface area contributed by atoms with Crippen LogP contribution in [0.3, 0.4) is 0 Å². The van der Waals surface area contributed by atoms with Crippen LogP contribution in [0.25, 0.3) is 0 Å². The molecule has 0 fully saturated rings. The summed E-state index contributed by atoms with van der Waals surface area (Å²) >= 11 is 0. The third-order valence-corrected chi connectivity index (χ3v) is 4.06. The van der Waals surface area contributed by atoms with Crippen molar-refractivity contribution in [3.05, 3.63) is 52.1 Å². The van der Waals surface area contributed by atoms with Gasteiger partial charge in [-0.25, -0.2) is 4.79 Å². The summed E-state index contributed by atoms with van der Waals surface area (Å²) in [7, 11) is 0. The van der Waals surface area contributed by atoms with Crippen LogP contribution in [-0.4, -0.2) is 33.5 Å². The second kappa shape index (κ2) is 6.12. The lowest BCUT2D eigenvalue weighted by Gasteiger charge is -2.23. The van der Waals surface area contributed by atoms with Crippen LogP contribution in [-0.2, 0) is 4.74 Å². The number of phenols is 2. The van der Waals surface area contributed by atoms with E-state index >= 15 is 0 Å². The first-order valence-corrected chi connectivity index (χ1v) is 8.20. The molecule has 27 heavy (non-hydrogen) atoms. The van der Waals surface area contributed by atoms with E-state index in [-0.39, 0.29) is 39.3 Å². The summed E-state index contributed by atoms with van der Waals surface area (Å²) in [6.45, 7) is 6.38. The molecular formula is C20H18O7. The van der Waals surface area contributed by atoms with E-state index in [2.05, 4.69) is 0 Å². The van der Waals surface area contributed by atoms with Crippen LogP contribution in [0, 0.1) is 6.92 Å². The molecule has 2 aromatic rings. The van der Waals surface area contributed by atoms with Crippen LogP contribution in [0.4, 0.5) is 4.79 Å². The molecule has 0 saturated heterocycles. The van der Waals surface area contributed by atoms with E-state index in [9.17, 15) is 24.6 Å². The highest BCUT2D eigenvalue weighted by Crippen LogP contribution is 2.41. The van der Waals surface area contributed by atoms with E-state index < -0.39 is 29.1 Å². The molecule has 1 aliphatic rings. The van der Waals surface area contributed by atoms with Crippen molar-refractivity contribution in [1.29, 1.82) is 0 Å². The number of rotatable bonds is 1. The topological polar surface area (TPSA) is 110 Å². The minimum Gasteiger partial charge on any atom is -0.507 e. The van der Waals surface area contributed by atoms with Gasteiger partial charge >= 0.3 is 6.16 Å². The van der Waals surface area contributed by atoms with Crippen LogP contribution in [0.1, 0.15) is 58.2 Å². The summed E-state index contributed by atoms with van der Waals surface area (Å²) in [5, 5.41) is 20.3. The Morgan fingerprint density at radius 3 is 2.26 bits per heavy atom. The van der Waals surface area contributed by atoms with Gasteiger partial charge in [0, 0.05) is 22.3 Å². The first-order chi connectivity index (χ1) is 12.5. The highest BCUT2D eigenvalue weighted by atomic mass is 16.7. The molecule has 0 radical (unpaired) electrons. The highest BCUT2D eigenvalue weighted by molar-refractivity contribution is 6.30. The van der Waals surface area contributed by atoms with Crippen molar-refractivity contribution in [2.24, 2.45) is 0 Å². The van der Waals surface area contributed by atoms with Crippen molar-refractivity contribution in [3.8, 4) is 17.2 Å². The molecule has 0 aromatic heterocycles. The third kappa shape index (κ3) is 3.12. The molecule has 0 saturated carbocycles. The molecule has 0 heterocycles. The van der Waals surface area contributed by atoms with E-state index in [4.69, 9.17) is 9.47 Å². The normalized spacial score (nSPS) is 13.0.